The Kier molecular flexibility index (Phi) is 3.59. The summed E-state index contributed by atoms with van der Waals surface area (Å²) >= 11 is 0. The highest BCUT2D eigenvalue weighted by Crippen LogP contribution is 2.19. The maximum Gasteiger partial charge on any atom is 0.303 e. The fraction of sp³-hybridized carbons (Fsp3) is 0.200. The average Bonchev–Trinajstić information content (AvgIpc) is 2.93. The third-order valence-corrected chi connectivity index (χ3v) is 3.37. The van der Waals surface area contributed by atoms with Crippen LogP contribution < -0.4 is 0 Å². The lowest BCUT2D eigenvalue weighted by Gasteiger charge is -2.07. The van der Waals surface area contributed by atoms with E-state index in [2.05, 4.69) is 33.7 Å². The molecule has 1 N–H and O–H groups in total. The molecule has 0 aliphatic heterocycles. The number of aliphatic carboxylic acids is 1. The molecular formula is C15H14N4O2. The van der Waals surface area contributed by atoms with Gasteiger partial charge in [0, 0.05) is 6.42 Å². The lowest BCUT2D eigenvalue weighted by Crippen LogP contribution is -2.09. The Balaban J connectivity index is 1.89. The van der Waals surface area contributed by atoms with Crippen LogP contribution in [0.4, 0.5) is 0 Å². The van der Waals surface area contributed by atoms with E-state index >= 15 is 0 Å². The van der Waals surface area contributed by atoms with Gasteiger partial charge in [0.2, 0.25) is 0 Å². The summed E-state index contributed by atoms with van der Waals surface area (Å²) in [6.07, 6.45) is 0.350. The number of tetrazole rings is 1. The predicted octanol–water partition coefficient (Wildman–Crippen LogP) is 1.89. The molecular weight excluding hydrogens is 268 g/mol. The fourth-order valence-electron chi connectivity index (χ4n) is 2.34. The molecule has 0 fully saturated rings. The van der Waals surface area contributed by atoms with Crippen LogP contribution >= 0.6 is 0 Å². The first-order valence-electron chi connectivity index (χ1n) is 6.67. The van der Waals surface area contributed by atoms with Gasteiger partial charge >= 0.3 is 5.97 Å². The summed E-state index contributed by atoms with van der Waals surface area (Å²) in [5, 5.41) is 22.6. The number of carboxylic acids is 1. The zero-order valence-electron chi connectivity index (χ0n) is 11.3. The van der Waals surface area contributed by atoms with Crippen LogP contribution in [0.2, 0.25) is 0 Å². The van der Waals surface area contributed by atoms with E-state index in [1.807, 2.05) is 24.3 Å². The van der Waals surface area contributed by atoms with Gasteiger partial charge in [-0.3, -0.25) is 4.79 Å². The summed E-state index contributed by atoms with van der Waals surface area (Å²) in [6.45, 7) is 0.531. The lowest BCUT2D eigenvalue weighted by molar-refractivity contribution is -0.137. The SMILES string of the molecule is O=C(O)CCc1nnnn1Cc1cccc2ccccc12. The maximum absolute atomic E-state index is 10.7. The number of hydrogen-bond donors (Lipinski definition) is 1. The summed E-state index contributed by atoms with van der Waals surface area (Å²) in [5.74, 6) is -0.264. The Hall–Kier alpha value is -2.76. The zero-order valence-corrected chi connectivity index (χ0v) is 11.3. The van der Waals surface area contributed by atoms with Crippen molar-refractivity contribution in [3.8, 4) is 0 Å². The van der Waals surface area contributed by atoms with Gasteiger partial charge in [-0.15, -0.1) is 5.10 Å². The number of carboxylic acid groups (broad SMARTS) is 1. The minimum absolute atomic E-state index is 0.0237. The minimum atomic E-state index is -0.852. The van der Waals surface area contributed by atoms with Crippen LogP contribution in [0.5, 0.6) is 0 Å². The first kappa shape index (κ1) is 13.2. The second-order valence-electron chi connectivity index (χ2n) is 4.78. The Morgan fingerprint density at radius 3 is 2.81 bits per heavy atom. The molecule has 21 heavy (non-hydrogen) atoms. The molecule has 2 aromatic carbocycles. The molecule has 1 heterocycles. The van der Waals surface area contributed by atoms with Gasteiger partial charge in [-0.05, 0) is 26.8 Å². The number of benzene rings is 2. The number of carbonyl (C=O) groups is 1. The van der Waals surface area contributed by atoms with E-state index in [-0.39, 0.29) is 6.42 Å². The smallest absolute Gasteiger partial charge is 0.303 e. The van der Waals surface area contributed by atoms with Crippen molar-refractivity contribution < 1.29 is 9.90 Å². The van der Waals surface area contributed by atoms with Crippen molar-refractivity contribution in [2.24, 2.45) is 0 Å². The van der Waals surface area contributed by atoms with Crippen molar-refractivity contribution in [2.45, 2.75) is 19.4 Å². The van der Waals surface area contributed by atoms with Gasteiger partial charge < -0.3 is 5.11 Å². The Labute approximate surface area is 121 Å². The van der Waals surface area contributed by atoms with Crippen molar-refractivity contribution in [2.75, 3.05) is 0 Å². The van der Waals surface area contributed by atoms with Crippen molar-refractivity contribution in [3.05, 3.63) is 53.9 Å². The molecule has 6 nitrogen and oxygen atoms in total. The quantitative estimate of drug-likeness (QED) is 0.773. The first-order chi connectivity index (χ1) is 10.2. The van der Waals surface area contributed by atoms with Gasteiger partial charge in [0.1, 0.15) is 0 Å². The van der Waals surface area contributed by atoms with E-state index in [1.54, 1.807) is 4.68 Å². The average molecular weight is 282 g/mol. The highest BCUT2D eigenvalue weighted by Gasteiger charge is 2.10. The van der Waals surface area contributed by atoms with Crippen LogP contribution in [0.15, 0.2) is 42.5 Å². The highest BCUT2D eigenvalue weighted by molar-refractivity contribution is 5.85. The van der Waals surface area contributed by atoms with Crippen molar-refractivity contribution in [3.63, 3.8) is 0 Å². The second-order valence-corrected chi connectivity index (χ2v) is 4.78. The van der Waals surface area contributed by atoms with Gasteiger partial charge in [-0.2, -0.15) is 0 Å². The molecule has 106 valence electrons. The number of nitrogens with zero attached hydrogens (tertiary/aromatic N) is 4. The third kappa shape index (κ3) is 2.89. The standard InChI is InChI=1S/C15H14N4O2/c20-15(21)9-8-14-16-17-18-19(14)10-12-6-3-5-11-4-1-2-7-13(11)12/h1-7H,8-10H2,(H,20,21). The summed E-state index contributed by atoms with van der Waals surface area (Å²) in [7, 11) is 0. The van der Waals surface area contributed by atoms with E-state index < -0.39 is 5.97 Å². The summed E-state index contributed by atoms with van der Waals surface area (Å²) < 4.78 is 1.66. The van der Waals surface area contributed by atoms with Gasteiger partial charge in [-0.1, -0.05) is 42.5 Å². The van der Waals surface area contributed by atoms with Crippen LogP contribution in [0.3, 0.4) is 0 Å². The molecule has 0 spiro atoms. The molecule has 0 amide bonds. The molecule has 3 aromatic rings. The zero-order chi connectivity index (χ0) is 14.7. The molecule has 0 bridgehead atoms. The van der Waals surface area contributed by atoms with Crippen LogP contribution in [0.25, 0.3) is 10.8 Å². The van der Waals surface area contributed by atoms with E-state index in [9.17, 15) is 4.79 Å². The molecule has 0 atom stereocenters. The van der Waals surface area contributed by atoms with Gasteiger partial charge in [0.05, 0.1) is 13.0 Å². The highest BCUT2D eigenvalue weighted by atomic mass is 16.4. The van der Waals surface area contributed by atoms with Gasteiger partial charge in [-0.25, -0.2) is 4.68 Å². The van der Waals surface area contributed by atoms with Crippen LogP contribution in [0, 0.1) is 0 Å². The molecule has 0 unspecified atom stereocenters. The van der Waals surface area contributed by atoms with E-state index in [0.717, 1.165) is 16.3 Å². The van der Waals surface area contributed by atoms with Crippen molar-refractivity contribution >= 4 is 16.7 Å². The Morgan fingerprint density at radius 1 is 1.14 bits per heavy atom. The van der Waals surface area contributed by atoms with Crippen LogP contribution in [0.1, 0.15) is 17.8 Å². The Morgan fingerprint density at radius 2 is 1.95 bits per heavy atom. The monoisotopic (exact) mass is 282 g/mol. The molecule has 3 rings (SSSR count). The first-order valence-corrected chi connectivity index (χ1v) is 6.67. The largest absolute Gasteiger partial charge is 0.481 e. The third-order valence-electron chi connectivity index (χ3n) is 3.37. The van der Waals surface area contributed by atoms with Crippen LogP contribution in [-0.2, 0) is 17.8 Å². The van der Waals surface area contributed by atoms with E-state index in [4.69, 9.17) is 5.11 Å². The summed E-state index contributed by atoms with van der Waals surface area (Å²) in [4.78, 5) is 10.7. The minimum Gasteiger partial charge on any atom is -0.481 e. The molecule has 6 heteroatoms. The summed E-state index contributed by atoms with van der Waals surface area (Å²) in [6, 6.07) is 14.2. The van der Waals surface area contributed by atoms with Gasteiger partial charge in [0.25, 0.3) is 0 Å². The second kappa shape index (κ2) is 5.70. The number of aromatic nitrogens is 4. The molecule has 0 saturated heterocycles. The van der Waals surface area contributed by atoms with Crippen molar-refractivity contribution in [1.82, 2.24) is 20.2 Å². The molecule has 0 saturated carbocycles. The molecule has 1 aromatic heterocycles. The van der Waals surface area contributed by atoms with Crippen molar-refractivity contribution in [1.29, 1.82) is 0 Å². The number of fused-ring (bicyclic) bond motifs is 1. The fourth-order valence-corrected chi connectivity index (χ4v) is 2.34. The van der Waals surface area contributed by atoms with E-state index in [1.165, 1.54) is 0 Å². The van der Waals surface area contributed by atoms with Crippen LogP contribution in [-0.4, -0.2) is 31.3 Å². The Bertz CT molecular complexity index is 777. The summed E-state index contributed by atoms with van der Waals surface area (Å²) in [5.41, 5.74) is 1.11. The molecule has 0 aliphatic carbocycles. The molecule has 0 radical (unpaired) electrons. The van der Waals surface area contributed by atoms with Gasteiger partial charge in [0.15, 0.2) is 5.82 Å². The van der Waals surface area contributed by atoms with E-state index in [0.29, 0.717) is 18.8 Å². The lowest BCUT2D eigenvalue weighted by atomic mass is 10.0. The number of hydrogen-bond acceptors (Lipinski definition) is 4. The topological polar surface area (TPSA) is 80.9 Å². The number of aryl methyl sites for hydroxylation is 1. The maximum atomic E-state index is 10.7. The molecule has 0 aliphatic rings. The normalized spacial score (nSPS) is 10.9. The number of rotatable bonds is 5. The predicted molar refractivity (Wildman–Crippen MR) is 76.8 cm³/mol.